The standard InChI is InChI=1S/C40H30N2S/c1-40(2)35-25-29(27-17-19-28(20-18-27)39-41-37-15-9-10-16-38(37)43-39)21-23-33(35)34-24-22-32(26-36(34)40)42(30-11-5-3-6-12-30)31-13-7-4-8-14-31/h3-26H,1-2H3. The van der Waals surface area contributed by atoms with Crippen molar-refractivity contribution in [3.05, 3.63) is 157 Å². The lowest BCUT2D eigenvalue weighted by Gasteiger charge is -2.28. The molecule has 0 atom stereocenters. The van der Waals surface area contributed by atoms with Crippen molar-refractivity contribution < 1.29 is 0 Å². The highest BCUT2D eigenvalue weighted by Gasteiger charge is 2.36. The Morgan fingerprint density at radius 2 is 1.07 bits per heavy atom. The van der Waals surface area contributed by atoms with Gasteiger partial charge in [-0.3, -0.25) is 0 Å². The summed E-state index contributed by atoms with van der Waals surface area (Å²) in [4.78, 5) is 7.19. The van der Waals surface area contributed by atoms with Crippen LogP contribution in [0.2, 0.25) is 0 Å². The van der Waals surface area contributed by atoms with E-state index in [4.69, 9.17) is 4.98 Å². The van der Waals surface area contributed by atoms with E-state index in [0.29, 0.717) is 0 Å². The summed E-state index contributed by atoms with van der Waals surface area (Å²) in [5.41, 5.74) is 13.4. The topological polar surface area (TPSA) is 16.1 Å². The van der Waals surface area contributed by atoms with Crippen molar-refractivity contribution >= 4 is 38.6 Å². The number of nitrogens with zero attached hydrogens (tertiary/aromatic N) is 2. The van der Waals surface area contributed by atoms with Crippen LogP contribution < -0.4 is 4.90 Å². The van der Waals surface area contributed by atoms with E-state index in [1.54, 1.807) is 11.3 Å². The first-order valence-electron chi connectivity index (χ1n) is 14.7. The second-order valence-corrected chi connectivity index (χ2v) is 12.7. The van der Waals surface area contributed by atoms with Crippen LogP contribution in [-0.2, 0) is 5.41 Å². The van der Waals surface area contributed by atoms with Crippen molar-refractivity contribution in [3.63, 3.8) is 0 Å². The lowest BCUT2D eigenvalue weighted by Crippen LogP contribution is -2.16. The van der Waals surface area contributed by atoms with E-state index in [-0.39, 0.29) is 5.41 Å². The number of aromatic nitrogens is 1. The molecule has 1 aliphatic carbocycles. The summed E-state index contributed by atoms with van der Waals surface area (Å²) < 4.78 is 1.22. The maximum atomic E-state index is 4.85. The molecule has 0 unspecified atom stereocenters. The molecule has 206 valence electrons. The zero-order chi connectivity index (χ0) is 29.0. The molecule has 1 heterocycles. The van der Waals surface area contributed by atoms with Gasteiger partial charge >= 0.3 is 0 Å². The van der Waals surface area contributed by atoms with Gasteiger partial charge in [0.05, 0.1) is 10.2 Å². The quantitative estimate of drug-likeness (QED) is 0.205. The van der Waals surface area contributed by atoms with Gasteiger partial charge in [-0.1, -0.05) is 105 Å². The molecule has 0 saturated carbocycles. The number of anilines is 3. The zero-order valence-electron chi connectivity index (χ0n) is 24.2. The monoisotopic (exact) mass is 570 g/mol. The Morgan fingerprint density at radius 1 is 0.512 bits per heavy atom. The first-order chi connectivity index (χ1) is 21.1. The molecule has 7 aromatic rings. The number of hydrogen-bond donors (Lipinski definition) is 0. The van der Waals surface area contributed by atoms with Crippen LogP contribution in [0.3, 0.4) is 0 Å². The van der Waals surface area contributed by atoms with Crippen LogP contribution in [0.4, 0.5) is 17.1 Å². The number of fused-ring (bicyclic) bond motifs is 4. The third kappa shape index (κ3) is 4.36. The van der Waals surface area contributed by atoms with Crippen LogP contribution in [0.15, 0.2) is 146 Å². The van der Waals surface area contributed by atoms with Crippen LogP contribution in [0.1, 0.15) is 25.0 Å². The summed E-state index contributed by atoms with van der Waals surface area (Å²) >= 11 is 1.75. The third-order valence-electron chi connectivity index (χ3n) is 8.71. The van der Waals surface area contributed by atoms with Crippen LogP contribution in [0.25, 0.3) is 43.0 Å². The van der Waals surface area contributed by atoms with E-state index in [1.165, 1.54) is 43.8 Å². The number of hydrogen-bond acceptors (Lipinski definition) is 3. The fourth-order valence-electron chi connectivity index (χ4n) is 6.45. The van der Waals surface area contributed by atoms with E-state index < -0.39 is 0 Å². The van der Waals surface area contributed by atoms with Gasteiger partial charge < -0.3 is 4.90 Å². The highest BCUT2D eigenvalue weighted by molar-refractivity contribution is 7.21. The summed E-state index contributed by atoms with van der Waals surface area (Å²) in [6.07, 6.45) is 0. The molecule has 8 rings (SSSR count). The second-order valence-electron chi connectivity index (χ2n) is 11.7. The highest BCUT2D eigenvalue weighted by Crippen LogP contribution is 2.51. The summed E-state index contributed by atoms with van der Waals surface area (Å²) in [6, 6.07) is 52.4. The fraction of sp³-hybridized carbons (Fsp3) is 0.0750. The number of benzene rings is 6. The van der Waals surface area contributed by atoms with Crippen molar-refractivity contribution in [2.45, 2.75) is 19.3 Å². The van der Waals surface area contributed by atoms with Crippen molar-refractivity contribution in [2.75, 3.05) is 4.90 Å². The van der Waals surface area contributed by atoms with Gasteiger partial charge in [-0.2, -0.15) is 0 Å². The Balaban J connectivity index is 1.15. The van der Waals surface area contributed by atoms with Crippen molar-refractivity contribution in [3.8, 4) is 32.8 Å². The normalized spacial score (nSPS) is 13.1. The van der Waals surface area contributed by atoms with Crippen LogP contribution in [0, 0.1) is 0 Å². The van der Waals surface area contributed by atoms with Gasteiger partial charge in [0.1, 0.15) is 5.01 Å². The van der Waals surface area contributed by atoms with Gasteiger partial charge in [0.2, 0.25) is 0 Å². The minimum atomic E-state index is -0.128. The van der Waals surface area contributed by atoms with Gasteiger partial charge in [-0.25, -0.2) is 4.98 Å². The number of rotatable bonds is 5. The van der Waals surface area contributed by atoms with Crippen molar-refractivity contribution in [1.82, 2.24) is 4.98 Å². The maximum absolute atomic E-state index is 4.85. The van der Waals surface area contributed by atoms with Gasteiger partial charge in [-0.05, 0) is 88.0 Å². The molecule has 1 aliphatic rings. The molecule has 0 amide bonds. The lowest BCUT2D eigenvalue weighted by molar-refractivity contribution is 0.660. The fourth-order valence-corrected chi connectivity index (χ4v) is 7.42. The number of para-hydroxylation sites is 3. The first-order valence-corrected chi connectivity index (χ1v) is 15.5. The average molecular weight is 571 g/mol. The van der Waals surface area contributed by atoms with E-state index in [9.17, 15) is 0 Å². The van der Waals surface area contributed by atoms with Crippen LogP contribution in [0.5, 0.6) is 0 Å². The largest absolute Gasteiger partial charge is 0.310 e. The Morgan fingerprint density at radius 3 is 1.74 bits per heavy atom. The van der Waals surface area contributed by atoms with Crippen molar-refractivity contribution in [1.29, 1.82) is 0 Å². The number of thiazole rings is 1. The predicted molar refractivity (Wildman–Crippen MR) is 183 cm³/mol. The molecule has 0 aliphatic heterocycles. The van der Waals surface area contributed by atoms with Gasteiger partial charge in [0.15, 0.2) is 0 Å². The summed E-state index contributed by atoms with van der Waals surface area (Å²) in [6.45, 7) is 4.72. The van der Waals surface area contributed by atoms with Gasteiger partial charge in [-0.15, -0.1) is 11.3 Å². The first kappa shape index (κ1) is 25.7. The lowest BCUT2D eigenvalue weighted by atomic mass is 9.81. The van der Waals surface area contributed by atoms with E-state index in [1.807, 2.05) is 6.07 Å². The minimum Gasteiger partial charge on any atom is -0.310 e. The molecule has 0 fully saturated rings. The predicted octanol–water partition coefficient (Wildman–Crippen LogP) is 11.4. The molecule has 0 spiro atoms. The second kappa shape index (κ2) is 10.1. The maximum Gasteiger partial charge on any atom is 0.124 e. The molecule has 0 saturated heterocycles. The van der Waals surface area contributed by atoms with Crippen molar-refractivity contribution in [2.24, 2.45) is 0 Å². The average Bonchev–Trinajstić information content (AvgIpc) is 3.59. The Bertz CT molecular complexity index is 2020. The summed E-state index contributed by atoms with van der Waals surface area (Å²) in [5.74, 6) is 0. The third-order valence-corrected chi connectivity index (χ3v) is 9.79. The molecule has 0 radical (unpaired) electrons. The minimum absolute atomic E-state index is 0.128. The van der Waals surface area contributed by atoms with Gasteiger partial charge in [0.25, 0.3) is 0 Å². The highest BCUT2D eigenvalue weighted by atomic mass is 32.1. The smallest absolute Gasteiger partial charge is 0.124 e. The van der Waals surface area contributed by atoms with Crippen LogP contribution >= 0.6 is 11.3 Å². The molecule has 6 aromatic carbocycles. The van der Waals surface area contributed by atoms with E-state index >= 15 is 0 Å². The molecular formula is C40H30N2S. The van der Waals surface area contributed by atoms with Crippen LogP contribution in [-0.4, -0.2) is 4.98 Å². The molecule has 2 nitrogen and oxygen atoms in total. The Labute approximate surface area is 256 Å². The molecule has 43 heavy (non-hydrogen) atoms. The Kier molecular flexibility index (Phi) is 6.02. The van der Waals surface area contributed by atoms with E-state index in [2.05, 4.69) is 158 Å². The summed E-state index contributed by atoms with van der Waals surface area (Å²) in [5, 5.41) is 1.06. The molecule has 0 N–H and O–H groups in total. The molecular weight excluding hydrogens is 541 g/mol. The van der Waals surface area contributed by atoms with Gasteiger partial charge in [0, 0.05) is 28.0 Å². The molecule has 0 bridgehead atoms. The van der Waals surface area contributed by atoms with E-state index in [0.717, 1.165) is 27.5 Å². The molecule has 3 heteroatoms. The molecule has 1 aromatic heterocycles. The summed E-state index contributed by atoms with van der Waals surface area (Å²) in [7, 11) is 0. The Hall–Kier alpha value is -4.99. The SMILES string of the molecule is CC1(C)c2cc(-c3ccc(-c4nc5ccccc5s4)cc3)ccc2-c2ccc(N(c3ccccc3)c3ccccc3)cc21. The zero-order valence-corrected chi connectivity index (χ0v) is 25.0.